The van der Waals surface area contributed by atoms with Gasteiger partial charge in [-0.15, -0.1) is 11.3 Å². The van der Waals surface area contributed by atoms with Gasteiger partial charge in [-0.2, -0.15) is 0 Å². The van der Waals surface area contributed by atoms with Crippen LogP contribution in [0, 0.1) is 20.8 Å². The molecule has 1 amide bonds. The number of aromatic nitrogens is 1. The van der Waals surface area contributed by atoms with Gasteiger partial charge in [-0.05, 0) is 38.5 Å². The number of nitrogens with one attached hydrogen (secondary N) is 2. The van der Waals surface area contributed by atoms with E-state index in [1.165, 1.54) is 4.88 Å². The van der Waals surface area contributed by atoms with Gasteiger partial charge in [0.05, 0.1) is 17.2 Å². The first-order chi connectivity index (χ1) is 10.0. The Labute approximate surface area is 129 Å². The molecule has 1 heterocycles. The Hall–Kier alpha value is -1.88. The van der Waals surface area contributed by atoms with Crippen molar-refractivity contribution >= 4 is 28.6 Å². The first-order valence-corrected chi connectivity index (χ1v) is 7.89. The third-order valence-electron chi connectivity index (χ3n) is 3.37. The van der Waals surface area contributed by atoms with E-state index in [0.29, 0.717) is 6.42 Å². The van der Waals surface area contributed by atoms with Gasteiger partial charge in [-0.1, -0.05) is 13.0 Å². The van der Waals surface area contributed by atoms with Crippen molar-refractivity contribution < 1.29 is 4.79 Å². The molecule has 0 saturated carbocycles. The normalized spacial score (nSPS) is 10.5. The zero-order valence-corrected chi connectivity index (χ0v) is 13.7. The van der Waals surface area contributed by atoms with E-state index in [4.69, 9.17) is 0 Å². The van der Waals surface area contributed by atoms with Gasteiger partial charge >= 0.3 is 0 Å². The number of carbonyl (C=O) groups is 1. The van der Waals surface area contributed by atoms with Crippen LogP contribution >= 0.6 is 11.3 Å². The van der Waals surface area contributed by atoms with Crippen molar-refractivity contribution in [2.24, 2.45) is 0 Å². The smallest absolute Gasteiger partial charge is 0.224 e. The predicted molar refractivity (Wildman–Crippen MR) is 89.0 cm³/mol. The third kappa shape index (κ3) is 3.82. The molecule has 0 radical (unpaired) electrons. The van der Waals surface area contributed by atoms with Crippen LogP contribution in [0.15, 0.2) is 18.2 Å². The van der Waals surface area contributed by atoms with Gasteiger partial charge < -0.3 is 10.6 Å². The van der Waals surface area contributed by atoms with Crippen molar-refractivity contribution in [3.8, 4) is 0 Å². The van der Waals surface area contributed by atoms with Crippen LogP contribution in [-0.2, 0) is 11.3 Å². The van der Waals surface area contributed by atoms with Crippen LogP contribution in [0.5, 0.6) is 0 Å². The van der Waals surface area contributed by atoms with Crippen LogP contribution in [0.1, 0.15) is 34.5 Å². The van der Waals surface area contributed by atoms with E-state index in [2.05, 4.69) is 15.6 Å². The molecule has 0 bridgehead atoms. The molecule has 21 heavy (non-hydrogen) atoms. The highest BCUT2D eigenvalue weighted by Gasteiger charge is 2.08. The van der Waals surface area contributed by atoms with Crippen molar-refractivity contribution in [2.75, 3.05) is 10.6 Å². The number of aryl methyl sites for hydroxylation is 2. The Morgan fingerprint density at radius 2 is 1.95 bits per heavy atom. The van der Waals surface area contributed by atoms with Gasteiger partial charge in [0.15, 0.2) is 0 Å². The second-order valence-corrected chi connectivity index (χ2v) is 6.26. The molecule has 0 aliphatic heterocycles. The molecule has 0 spiro atoms. The molecule has 2 rings (SSSR count). The van der Waals surface area contributed by atoms with E-state index in [0.717, 1.165) is 34.2 Å². The SMILES string of the molecule is CCC(=O)Nc1cccc(NCc2sc(C)nc2C)c1C. The van der Waals surface area contributed by atoms with Gasteiger partial charge in [0.25, 0.3) is 0 Å². The lowest BCUT2D eigenvalue weighted by Gasteiger charge is -2.13. The number of rotatable bonds is 5. The molecule has 0 atom stereocenters. The Bertz CT molecular complexity index is 649. The lowest BCUT2D eigenvalue weighted by atomic mass is 10.1. The van der Waals surface area contributed by atoms with Crippen LogP contribution < -0.4 is 10.6 Å². The van der Waals surface area contributed by atoms with Crippen LogP contribution in [-0.4, -0.2) is 10.9 Å². The summed E-state index contributed by atoms with van der Waals surface area (Å²) in [6.45, 7) is 8.67. The first-order valence-electron chi connectivity index (χ1n) is 7.07. The quantitative estimate of drug-likeness (QED) is 0.877. The van der Waals surface area contributed by atoms with E-state index >= 15 is 0 Å². The highest BCUT2D eigenvalue weighted by molar-refractivity contribution is 7.11. The molecule has 0 aliphatic rings. The molecule has 1 aromatic heterocycles. The molecule has 2 aromatic rings. The van der Waals surface area contributed by atoms with Crippen LogP contribution in [0.3, 0.4) is 0 Å². The lowest BCUT2D eigenvalue weighted by molar-refractivity contribution is -0.115. The molecule has 0 fully saturated rings. The molecule has 4 nitrogen and oxygen atoms in total. The summed E-state index contributed by atoms with van der Waals surface area (Å²) in [4.78, 5) is 17.2. The molecule has 0 unspecified atom stereocenters. The second-order valence-electron chi connectivity index (χ2n) is 4.97. The average molecular weight is 303 g/mol. The fraction of sp³-hybridized carbons (Fsp3) is 0.375. The summed E-state index contributed by atoms with van der Waals surface area (Å²) < 4.78 is 0. The van der Waals surface area contributed by atoms with Crippen molar-refractivity contribution in [1.82, 2.24) is 4.98 Å². The number of hydrogen-bond acceptors (Lipinski definition) is 4. The molecule has 112 valence electrons. The maximum Gasteiger partial charge on any atom is 0.224 e. The Morgan fingerprint density at radius 3 is 2.57 bits per heavy atom. The molecular formula is C16H21N3OS. The number of nitrogens with zero attached hydrogens (tertiary/aromatic N) is 1. The Balaban J connectivity index is 2.11. The fourth-order valence-corrected chi connectivity index (χ4v) is 2.99. The van der Waals surface area contributed by atoms with Crippen molar-refractivity contribution in [3.05, 3.63) is 39.3 Å². The number of anilines is 2. The summed E-state index contributed by atoms with van der Waals surface area (Å²) >= 11 is 1.71. The minimum atomic E-state index is 0.0316. The zero-order chi connectivity index (χ0) is 15.4. The Morgan fingerprint density at radius 1 is 1.24 bits per heavy atom. The number of thiazole rings is 1. The average Bonchev–Trinajstić information content (AvgIpc) is 2.77. The van der Waals surface area contributed by atoms with E-state index < -0.39 is 0 Å². The summed E-state index contributed by atoms with van der Waals surface area (Å²) in [7, 11) is 0. The lowest BCUT2D eigenvalue weighted by Crippen LogP contribution is -2.11. The van der Waals surface area contributed by atoms with E-state index in [1.54, 1.807) is 11.3 Å². The first kappa shape index (κ1) is 15.5. The van der Waals surface area contributed by atoms with Gasteiger partial charge in [0, 0.05) is 22.7 Å². The van der Waals surface area contributed by atoms with Crippen molar-refractivity contribution in [3.63, 3.8) is 0 Å². The molecule has 1 aromatic carbocycles. The van der Waals surface area contributed by atoms with Gasteiger partial charge in [-0.25, -0.2) is 4.98 Å². The van der Waals surface area contributed by atoms with Gasteiger partial charge in [0.1, 0.15) is 0 Å². The number of amides is 1. The monoisotopic (exact) mass is 303 g/mol. The largest absolute Gasteiger partial charge is 0.380 e. The van der Waals surface area contributed by atoms with Crippen LogP contribution in [0.4, 0.5) is 11.4 Å². The number of carbonyl (C=O) groups excluding carboxylic acids is 1. The molecule has 0 saturated heterocycles. The maximum atomic E-state index is 11.5. The van der Waals surface area contributed by atoms with Crippen LogP contribution in [0.25, 0.3) is 0 Å². The van der Waals surface area contributed by atoms with E-state index in [-0.39, 0.29) is 5.91 Å². The number of hydrogen-bond donors (Lipinski definition) is 2. The standard InChI is InChI=1S/C16H21N3OS/c1-5-16(20)19-14-8-6-7-13(10(14)2)17-9-15-11(3)18-12(4)21-15/h6-8,17H,5,9H2,1-4H3,(H,19,20). The number of benzene rings is 1. The summed E-state index contributed by atoms with van der Waals surface area (Å²) in [6.07, 6.45) is 0.483. The summed E-state index contributed by atoms with van der Waals surface area (Å²) in [5.41, 5.74) is 4.04. The fourth-order valence-electron chi connectivity index (χ4n) is 2.11. The third-order valence-corrected chi connectivity index (χ3v) is 4.44. The topological polar surface area (TPSA) is 54.0 Å². The second kappa shape index (κ2) is 6.72. The van der Waals surface area contributed by atoms with Crippen molar-refractivity contribution in [1.29, 1.82) is 0 Å². The highest BCUT2D eigenvalue weighted by atomic mass is 32.1. The summed E-state index contributed by atoms with van der Waals surface area (Å²) in [6, 6.07) is 5.90. The molecular weight excluding hydrogens is 282 g/mol. The van der Waals surface area contributed by atoms with E-state index in [1.807, 2.05) is 45.9 Å². The Kier molecular flexibility index (Phi) is 4.96. The predicted octanol–water partition coefficient (Wildman–Crippen LogP) is 4.03. The molecule has 2 N–H and O–H groups in total. The molecule has 5 heteroatoms. The van der Waals surface area contributed by atoms with Crippen molar-refractivity contribution in [2.45, 2.75) is 40.7 Å². The zero-order valence-electron chi connectivity index (χ0n) is 12.9. The molecule has 0 aliphatic carbocycles. The minimum Gasteiger partial charge on any atom is -0.380 e. The maximum absolute atomic E-state index is 11.5. The summed E-state index contributed by atoms with van der Waals surface area (Å²) in [5.74, 6) is 0.0316. The van der Waals surface area contributed by atoms with E-state index in [9.17, 15) is 4.79 Å². The summed E-state index contributed by atoms with van der Waals surface area (Å²) in [5, 5.41) is 7.45. The van der Waals surface area contributed by atoms with Crippen LogP contribution in [0.2, 0.25) is 0 Å². The minimum absolute atomic E-state index is 0.0316. The van der Waals surface area contributed by atoms with Gasteiger partial charge in [-0.3, -0.25) is 4.79 Å². The highest BCUT2D eigenvalue weighted by Crippen LogP contribution is 2.25. The van der Waals surface area contributed by atoms with Gasteiger partial charge in [0.2, 0.25) is 5.91 Å².